The van der Waals surface area contributed by atoms with Crippen molar-refractivity contribution in [1.29, 1.82) is 0 Å². The molecule has 0 bridgehead atoms. The summed E-state index contributed by atoms with van der Waals surface area (Å²) in [7, 11) is 0. The molecule has 0 aromatic heterocycles. The number of hydrazone groups is 1. The van der Waals surface area contributed by atoms with Crippen LogP contribution in [0.2, 0.25) is 5.02 Å². The SMILES string of the molecule is Cc1ccc(Cl)c(OCC(O)CNCCOc2ccc(C3=NNC(=O)CC3C)cc2)c1. The molecule has 3 N–H and O–H groups in total. The lowest BCUT2D eigenvalue weighted by molar-refractivity contribution is -0.121. The molecular formula is C23H28ClN3O4. The van der Waals surface area contributed by atoms with E-state index in [0.717, 1.165) is 22.6 Å². The molecule has 7 nitrogen and oxygen atoms in total. The molecule has 0 saturated heterocycles. The number of hydrogen-bond donors (Lipinski definition) is 3. The fraction of sp³-hybridized carbons (Fsp3) is 0.391. The minimum atomic E-state index is -0.658. The first-order valence-electron chi connectivity index (χ1n) is 10.3. The zero-order valence-electron chi connectivity index (χ0n) is 17.7. The zero-order chi connectivity index (χ0) is 22.2. The van der Waals surface area contributed by atoms with E-state index in [1.807, 2.05) is 50.2 Å². The van der Waals surface area contributed by atoms with Crippen molar-refractivity contribution in [2.75, 3.05) is 26.3 Å². The molecule has 3 rings (SSSR count). The van der Waals surface area contributed by atoms with Crippen LogP contribution in [-0.2, 0) is 4.79 Å². The molecule has 8 heteroatoms. The Bertz CT molecular complexity index is 918. The van der Waals surface area contributed by atoms with Gasteiger partial charge in [-0.2, -0.15) is 5.10 Å². The molecule has 2 aromatic carbocycles. The third-order valence-electron chi connectivity index (χ3n) is 4.85. The maximum Gasteiger partial charge on any atom is 0.240 e. The second-order valence-corrected chi connectivity index (χ2v) is 8.02. The molecule has 0 aliphatic carbocycles. The van der Waals surface area contributed by atoms with E-state index in [0.29, 0.717) is 36.9 Å². The first-order chi connectivity index (χ1) is 14.9. The molecule has 0 fully saturated rings. The number of amides is 1. The number of aliphatic hydroxyl groups excluding tert-OH is 1. The summed E-state index contributed by atoms with van der Waals surface area (Å²) < 4.78 is 11.3. The minimum absolute atomic E-state index is 0.0562. The van der Waals surface area contributed by atoms with Gasteiger partial charge in [0.25, 0.3) is 0 Å². The van der Waals surface area contributed by atoms with Crippen LogP contribution < -0.4 is 20.2 Å². The lowest BCUT2D eigenvalue weighted by atomic mass is 9.94. The zero-order valence-corrected chi connectivity index (χ0v) is 18.5. The lowest BCUT2D eigenvalue weighted by Gasteiger charge is -2.19. The Balaban J connectivity index is 1.34. The van der Waals surface area contributed by atoms with E-state index in [2.05, 4.69) is 15.8 Å². The number of nitrogens with zero attached hydrogens (tertiary/aromatic N) is 1. The third kappa shape index (κ3) is 6.95. The van der Waals surface area contributed by atoms with E-state index in [-0.39, 0.29) is 18.4 Å². The Hall–Kier alpha value is -2.61. The topological polar surface area (TPSA) is 92.2 Å². The fourth-order valence-corrected chi connectivity index (χ4v) is 3.37. The van der Waals surface area contributed by atoms with Crippen molar-refractivity contribution in [2.24, 2.45) is 11.0 Å². The van der Waals surface area contributed by atoms with Gasteiger partial charge in [-0.25, -0.2) is 5.43 Å². The smallest absolute Gasteiger partial charge is 0.240 e. The van der Waals surface area contributed by atoms with Crippen molar-refractivity contribution < 1.29 is 19.4 Å². The van der Waals surface area contributed by atoms with Gasteiger partial charge in [-0.15, -0.1) is 0 Å². The molecule has 0 spiro atoms. The minimum Gasteiger partial charge on any atom is -0.492 e. The van der Waals surface area contributed by atoms with E-state index in [4.69, 9.17) is 21.1 Å². The summed E-state index contributed by atoms with van der Waals surface area (Å²) in [6.45, 7) is 5.53. The second kappa shape index (κ2) is 11.1. The maximum absolute atomic E-state index is 11.4. The summed E-state index contributed by atoms with van der Waals surface area (Å²) in [6, 6.07) is 13.2. The number of halogens is 1. The predicted octanol–water partition coefficient (Wildman–Crippen LogP) is 2.92. The highest BCUT2D eigenvalue weighted by Gasteiger charge is 2.21. The Morgan fingerprint density at radius 2 is 2.03 bits per heavy atom. The molecular weight excluding hydrogens is 418 g/mol. The van der Waals surface area contributed by atoms with E-state index in [9.17, 15) is 9.90 Å². The number of aryl methyl sites for hydroxylation is 1. The highest BCUT2D eigenvalue weighted by molar-refractivity contribution is 6.32. The summed E-state index contributed by atoms with van der Waals surface area (Å²) in [4.78, 5) is 11.4. The average molecular weight is 446 g/mol. The molecule has 2 atom stereocenters. The van der Waals surface area contributed by atoms with Crippen molar-refractivity contribution in [3.63, 3.8) is 0 Å². The largest absolute Gasteiger partial charge is 0.492 e. The van der Waals surface area contributed by atoms with Crippen LogP contribution in [0.4, 0.5) is 0 Å². The molecule has 0 saturated carbocycles. The number of hydrogen-bond acceptors (Lipinski definition) is 6. The molecule has 2 aromatic rings. The molecule has 1 aliphatic heterocycles. The number of carbonyl (C=O) groups excluding carboxylic acids is 1. The molecule has 31 heavy (non-hydrogen) atoms. The van der Waals surface area contributed by atoms with Crippen molar-refractivity contribution in [1.82, 2.24) is 10.7 Å². The van der Waals surface area contributed by atoms with Crippen LogP contribution in [0.25, 0.3) is 0 Å². The highest BCUT2D eigenvalue weighted by atomic mass is 35.5. The van der Waals surface area contributed by atoms with Gasteiger partial charge in [0.2, 0.25) is 5.91 Å². The van der Waals surface area contributed by atoms with Gasteiger partial charge in [0.05, 0.1) is 10.7 Å². The molecule has 1 aliphatic rings. The van der Waals surface area contributed by atoms with E-state index in [1.165, 1.54) is 0 Å². The number of aliphatic hydroxyl groups is 1. The first kappa shape index (κ1) is 23.1. The Kier molecular flexibility index (Phi) is 8.28. The predicted molar refractivity (Wildman–Crippen MR) is 121 cm³/mol. The van der Waals surface area contributed by atoms with Crippen molar-refractivity contribution in [3.8, 4) is 11.5 Å². The lowest BCUT2D eigenvalue weighted by Crippen LogP contribution is -2.33. The van der Waals surface area contributed by atoms with Crippen LogP contribution in [-0.4, -0.2) is 49.1 Å². The number of ether oxygens (including phenoxy) is 2. The van der Waals surface area contributed by atoms with Gasteiger partial charge in [0.1, 0.15) is 30.8 Å². The maximum atomic E-state index is 11.4. The third-order valence-corrected chi connectivity index (χ3v) is 5.17. The van der Waals surface area contributed by atoms with Crippen LogP contribution in [0.15, 0.2) is 47.6 Å². The number of carbonyl (C=O) groups is 1. The Labute approximate surface area is 187 Å². The van der Waals surface area contributed by atoms with E-state index < -0.39 is 6.10 Å². The Morgan fingerprint density at radius 3 is 2.77 bits per heavy atom. The quantitative estimate of drug-likeness (QED) is 0.489. The van der Waals surface area contributed by atoms with Crippen LogP contribution in [0.1, 0.15) is 24.5 Å². The second-order valence-electron chi connectivity index (χ2n) is 7.61. The standard InChI is InChI=1S/C23H28ClN3O4/c1-15-3-8-20(24)21(11-15)31-14-18(28)13-25-9-10-30-19-6-4-17(5-7-19)23-16(2)12-22(29)26-27-23/h3-8,11,16,18,25,28H,9-10,12-14H2,1-2H3,(H,26,29). The number of rotatable bonds is 10. The van der Waals surface area contributed by atoms with Crippen LogP contribution in [0, 0.1) is 12.8 Å². The van der Waals surface area contributed by atoms with Crippen molar-refractivity contribution in [2.45, 2.75) is 26.4 Å². The van der Waals surface area contributed by atoms with Crippen LogP contribution in [0.3, 0.4) is 0 Å². The molecule has 2 unspecified atom stereocenters. The normalized spacial score (nSPS) is 17.0. The van der Waals surface area contributed by atoms with Gasteiger partial charge < -0.3 is 19.9 Å². The van der Waals surface area contributed by atoms with E-state index in [1.54, 1.807) is 6.07 Å². The van der Waals surface area contributed by atoms with Crippen molar-refractivity contribution >= 4 is 23.2 Å². The van der Waals surface area contributed by atoms with Gasteiger partial charge >= 0.3 is 0 Å². The summed E-state index contributed by atoms with van der Waals surface area (Å²) in [5.41, 5.74) is 5.42. The monoisotopic (exact) mass is 445 g/mol. The average Bonchev–Trinajstić information content (AvgIpc) is 2.75. The molecule has 1 amide bonds. The number of benzene rings is 2. The van der Waals surface area contributed by atoms with Crippen LogP contribution in [0.5, 0.6) is 11.5 Å². The van der Waals surface area contributed by atoms with Gasteiger partial charge in [0.15, 0.2) is 0 Å². The molecule has 166 valence electrons. The molecule has 1 heterocycles. The number of nitrogens with one attached hydrogen (secondary N) is 2. The summed E-state index contributed by atoms with van der Waals surface area (Å²) in [5.74, 6) is 1.35. The molecule has 0 radical (unpaired) electrons. The first-order valence-corrected chi connectivity index (χ1v) is 10.7. The van der Waals surface area contributed by atoms with Crippen LogP contribution >= 0.6 is 11.6 Å². The van der Waals surface area contributed by atoms with Gasteiger partial charge in [-0.3, -0.25) is 4.79 Å². The fourth-order valence-electron chi connectivity index (χ4n) is 3.20. The van der Waals surface area contributed by atoms with Gasteiger partial charge in [-0.1, -0.05) is 24.6 Å². The highest BCUT2D eigenvalue weighted by Crippen LogP contribution is 2.25. The van der Waals surface area contributed by atoms with Gasteiger partial charge in [-0.05, 0) is 54.4 Å². The summed E-state index contributed by atoms with van der Waals surface area (Å²) in [5, 5.41) is 17.9. The summed E-state index contributed by atoms with van der Waals surface area (Å²) >= 11 is 6.09. The van der Waals surface area contributed by atoms with Crippen molar-refractivity contribution in [3.05, 3.63) is 58.6 Å². The van der Waals surface area contributed by atoms with E-state index >= 15 is 0 Å². The summed E-state index contributed by atoms with van der Waals surface area (Å²) in [6.07, 6.45) is -0.216. The van der Waals surface area contributed by atoms with Gasteiger partial charge in [0, 0.05) is 25.4 Å². The Morgan fingerprint density at radius 1 is 1.26 bits per heavy atom.